The zero-order valence-electron chi connectivity index (χ0n) is 12.1. The first-order valence-corrected chi connectivity index (χ1v) is 6.59. The molecule has 114 valence electrons. The number of carboxylic acid groups (broad SMARTS) is 1. The van der Waals surface area contributed by atoms with Crippen molar-refractivity contribution in [2.24, 2.45) is 0 Å². The minimum Gasteiger partial charge on any atom is -0.480 e. The third-order valence-electron chi connectivity index (χ3n) is 3.18. The number of hydrogen-bond acceptors (Lipinski definition) is 4. The average Bonchev–Trinajstić information content (AvgIpc) is 2.96. The van der Waals surface area contributed by atoms with Crippen LogP contribution in [-0.2, 0) is 4.79 Å². The van der Waals surface area contributed by atoms with Crippen molar-refractivity contribution in [3.8, 4) is 0 Å². The number of nitrogens with one attached hydrogen (secondary N) is 1. The normalized spacial score (nSPS) is 11.7. The number of Topliss-reactive ketones (excluding diaryl/α,β-unsaturated/α-hetero) is 1. The molecule has 1 unspecified atom stereocenters. The fraction of sp³-hybridized carbons (Fsp3) is 0.200. The number of aliphatic carboxylic acids is 1. The van der Waals surface area contributed by atoms with E-state index in [9.17, 15) is 14.4 Å². The van der Waals surface area contributed by atoms with Crippen molar-refractivity contribution in [3.05, 3.63) is 47.8 Å². The fourth-order valence-corrected chi connectivity index (χ4v) is 1.89. The minimum absolute atomic E-state index is 0.0637. The van der Waals surface area contributed by atoms with Crippen molar-refractivity contribution in [2.45, 2.75) is 19.9 Å². The summed E-state index contributed by atoms with van der Waals surface area (Å²) in [5, 5.41) is 15.5. The van der Waals surface area contributed by atoms with E-state index in [2.05, 4.69) is 10.4 Å². The SMILES string of the molecule is CC(=O)c1ccc(NC(=O)c2ccnn2C(C)C(=O)O)cc1. The van der Waals surface area contributed by atoms with Crippen molar-refractivity contribution in [2.75, 3.05) is 5.32 Å². The average molecular weight is 301 g/mol. The van der Waals surface area contributed by atoms with E-state index >= 15 is 0 Å². The van der Waals surface area contributed by atoms with Gasteiger partial charge in [-0.15, -0.1) is 0 Å². The highest BCUT2D eigenvalue weighted by molar-refractivity contribution is 6.03. The van der Waals surface area contributed by atoms with Gasteiger partial charge in [0.1, 0.15) is 11.7 Å². The van der Waals surface area contributed by atoms with Crippen molar-refractivity contribution in [3.63, 3.8) is 0 Å². The molecule has 0 fully saturated rings. The summed E-state index contributed by atoms with van der Waals surface area (Å²) in [4.78, 5) is 34.4. The molecule has 0 aliphatic rings. The zero-order valence-corrected chi connectivity index (χ0v) is 12.1. The highest BCUT2D eigenvalue weighted by Gasteiger charge is 2.21. The Hall–Kier alpha value is -2.96. The Balaban J connectivity index is 2.18. The molecular formula is C15H15N3O4. The van der Waals surface area contributed by atoms with E-state index in [-0.39, 0.29) is 11.5 Å². The molecule has 1 atom stereocenters. The molecule has 0 saturated heterocycles. The van der Waals surface area contributed by atoms with Crippen molar-refractivity contribution in [1.29, 1.82) is 0 Å². The Labute approximate surface area is 126 Å². The van der Waals surface area contributed by atoms with Crippen LogP contribution < -0.4 is 5.32 Å². The molecule has 2 N–H and O–H groups in total. The topological polar surface area (TPSA) is 101 Å². The van der Waals surface area contributed by atoms with E-state index < -0.39 is 17.9 Å². The molecule has 1 aromatic heterocycles. The van der Waals surface area contributed by atoms with Gasteiger partial charge in [-0.25, -0.2) is 9.48 Å². The predicted octanol–water partition coefficient (Wildman–Crippen LogP) is 1.98. The molecule has 7 heteroatoms. The molecule has 1 amide bonds. The van der Waals surface area contributed by atoms with E-state index in [0.29, 0.717) is 11.3 Å². The van der Waals surface area contributed by atoms with Gasteiger partial charge in [-0.05, 0) is 44.2 Å². The molecule has 7 nitrogen and oxygen atoms in total. The smallest absolute Gasteiger partial charge is 0.328 e. The summed E-state index contributed by atoms with van der Waals surface area (Å²) in [6, 6.07) is 6.92. The van der Waals surface area contributed by atoms with Gasteiger partial charge in [0.25, 0.3) is 5.91 Å². The highest BCUT2D eigenvalue weighted by Crippen LogP contribution is 2.14. The number of benzene rings is 1. The summed E-state index contributed by atoms with van der Waals surface area (Å²) in [6.45, 7) is 2.90. The Morgan fingerprint density at radius 1 is 1.18 bits per heavy atom. The molecule has 0 bridgehead atoms. The van der Waals surface area contributed by atoms with Gasteiger partial charge >= 0.3 is 5.97 Å². The van der Waals surface area contributed by atoms with Crippen LogP contribution in [0.5, 0.6) is 0 Å². The van der Waals surface area contributed by atoms with Gasteiger partial charge in [-0.2, -0.15) is 5.10 Å². The van der Waals surface area contributed by atoms with Crippen LogP contribution in [-0.4, -0.2) is 32.5 Å². The lowest BCUT2D eigenvalue weighted by atomic mass is 10.1. The number of ketones is 1. The molecule has 0 saturated carbocycles. The second kappa shape index (κ2) is 6.21. The number of anilines is 1. The molecule has 2 aromatic rings. The van der Waals surface area contributed by atoms with E-state index in [1.165, 1.54) is 26.1 Å². The summed E-state index contributed by atoms with van der Waals surface area (Å²) in [5.74, 6) is -1.61. The molecule has 1 aromatic carbocycles. The maximum absolute atomic E-state index is 12.2. The van der Waals surface area contributed by atoms with Gasteiger partial charge in [0.15, 0.2) is 5.78 Å². The summed E-state index contributed by atoms with van der Waals surface area (Å²) < 4.78 is 1.14. The number of aromatic nitrogens is 2. The maximum Gasteiger partial charge on any atom is 0.328 e. The van der Waals surface area contributed by atoms with Crippen molar-refractivity contribution >= 4 is 23.3 Å². The molecule has 22 heavy (non-hydrogen) atoms. The standard InChI is InChI=1S/C15H15N3O4/c1-9(15(21)22)18-13(7-8-16-18)14(20)17-12-5-3-11(4-6-12)10(2)19/h3-9H,1-2H3,(H,17,20)(H,21,22). The summed E-state index contributed by atoms with van der Waals surface area (Å²) in [7, 11) is 0. The molecule has 0 aliphatic carbocycles. The number of amides is 1. The van der Waals surface area contributed by atoms with Crippen LogP contribution in [0.25, 0.3) is 0 Å². The van der Waals surface area contributed by atoms with Crippen LogP contribution in [0.15, 0.2) is 36.5 Å². The second-order valence-electron chi connectivity index (χ2n) is 4.76. The minimum atomic E-state index is -1.08. The van der Waals surface area contributed by atoms with Crippen LogP contribution in [0.2, 0.25) is 0 Å². The van der Waals surface area contributed by atoms with Crippen LogP contribution in [0.4, 0.5) is 5.69 Å². The molecule has 1 heterocycles. The second-order valence-corrected chi connectivity index (χ2v) is 4.76. The van der Waals surface area contributed by atoms with Gasteiger partial charge in [0.2, 0.25) is 0 Å². The number of carboxylic acids is 1. The number of nitrogens with zero attached hydrogens (tertiary/aromatic N) is 2. The van der Waals surface area contributed by atoms with Crippen LogP contribution in [0.3, 0.4) is 0 Å². The molecule has 2 rings (SSSR count). The Bertz CT molecular complexity index is 719. The Morgan fingerprint density at radius 2 is 1.82 bits per heavy atom. The third-order valence-corrected chi connectivity index (χ3v) is 3.18. The monoisotopic (exact) mass is 301 g/mol. The summed E-state index contributed by atoms with van der Waals surface area (Å²) in [5.41, 5.74) is 1.19. The molecule has 0 spiro atoms. The number of carbonyl (C=O) groups is 3. The predicted molar refractivity (Wildman–Crippen MR) is 79.0 cm³/mol. The van der Waals surface area contributed by atoms with Gasteiger partial charge in [-0.1, -0.05) is 0 Å². The highest BCUT2D eigenvalue weighted by atomic mass is 16.4. The Kier molecular flexibility index (Phi) is 4.36. The quantitative estimate of drug-likeness (QED) is 0.822. The Morgan fingerprint density at radius 3 is 2.36 bits per heavy atom. The lowest BCUT2D eigenvalue weighted by molar-refractivity contribution is -0.140. The van der Waals surface area contributed by atoms with Crippen molar-refractivity contribution < 1.29 is 19.5 Å². The van der Waals surface area contributed by atoms with Gasteiger partial charge < -0.3 is 10.4 Å². The zero-order chi connectivity index (χ0) is 16.3. The summed E-state index contributed by atoms with van der Waals surface area (Å²) >= 11 is 0. The van der Waals surface area contributed by atoms with E-state index in [1.54, 1.807) is 24.3 Å². The van der Waals surface area contributed by atoms with Crippen LogP contribution in [0, 0.1) is 0 Å². The maximum atomic E-state index is 12.2. The van der Waals surface area contributed by atoms with Crippen molar-refractivity contribution in [1.82, 2.24) is 9.78 Å². The van der Waals surface area contributed by atoms with Gasteiger partial charge in [0.05, 0.1) is 0 Å². The van der Waals surface area contributed by atoms with Crippen LogP contribution >= 0.6 is 0 Å². The number of hydrogen-bond donors (Lipinski definition) is 2. The molecular weight excluding hydrogens is 286 g/mol. The lowest BCUT2D eigenvalue weighted by Gasteiger charge is -2.11. The molecule has 0 radical (unpaired) electrons. The lowest BCUT2D eigenvalue weighted by Crippen LogP contribution is -2.24. The van der Waals surface area contributed by atoms with E-state index in [1.807, 2.05) is 0 Å². The molecule has 0 aliphatic heterocycles. The number of rotatable bonds is 5. The van der Waals surface area contributed by atoms with E-state index in [0.717, 1.165) is 4.68 Å². The van der Waals surface area contributed by atoms with E-state index in [4.69, 9.17) is 5.11 Å². The van der Waals surface area contributed by atoms with Crippen LogP contribution in [0.1, 0.15) is 40.7 Å². The summed E-state index contributed by atoms with van der Waals surface area (Å²) in [6.07, 6.45) is 1.37. The largest absolute Gasteiger partial charge is 0.480 e. The first-order valence-electron chi connectivity index (χ1n) is 6.59. The van der Waals surface area contributed by atoms with Gasteiger partial charge in [-0.3, -0.25) is 9.59 Å². The first-order chi connectivity index (χ1) is 10.4. The number of carbonyl (C=O) groups excluding carboxylic acids is 2. The fourth-order valence-electron chi connectivity index (χ4n) is 1.89. The first kappa shape index (κ1) is 15.4. The van der Waals surface area contributed by atoms with Gasteiger partial charge in [0, 0.05) is 17.4 Å². The third kappa shape index (κ3) is 3.20.